The lowest BCUT2D eigenvalue weighted by Gasteiger charge is -1.90. The summed E-state index contributed by atoms with van der Waals surface area (Å²) in [5, 5.41) is 4.26. The molecule has 0 radical (unpaired) electrons. The topological polar surface area (TPSA) is 0 Å². The molecule has 0 nitrogen and oxygen atoms in total. The molecule has 0 saturated carbocycles. The number of hydrogen-bond acceptors (Lipinski definition) is 2. The third-order valence-corrected chi connectivity index (χ3v) is 4.25. The third-order valence-electron chi connectivity index (χ3n) is 2.25. The minimum atomic E-state index is 1.17. The Balaban J connectivity index is 2.50. The van der Waals surface area contributed by atoms with E-state index in [0.29, 0.717) is 0 Å². The van der Waals surface area contributed by atoms with Crippen LogP contribution < -0.4 is 0 Å². The van der Waals surface area contributed by atoms with Gasteiger partial charge in [-0.05, 0) is 22.9 Å². The van der Waals surface area contributed by atoms with Crippen molar-refractivity contribution in [1.82, 2.24) is 0 Å². The molecule has 0 saturated heterocycles. The van der Waals surface area contributed by atoms with Crippen LogP contribution in [0.5, 0.6) is 0 Å². The Kier molecular flexibility index (Phi) is 1.39. The van der Waals surface area contributed by atoms with Crippen LogP contribution >= 0.6 is 22.7 Å². The van der Waals surface area contributed by atoms with Crippen molar-refractivity contribution in [2.24, 2.45) is 0 Å². The maximum absolute atomic E-state index is 3.75. The van der Waals surface area contributed by atoms with E-state index in [9.17, 15) is 0 Å². The van der Waals surface area contributed by atoms with Crippen LogP contribution in [0.15, 0.2) is 35.2 Å². The molecule has 0 spiro atoms. The summed E-state index contributed by atoms with van der Waals surface area (Å²) >= 11 is 3.60. The van der Waals surface area contributed by atoms with Crippen LogP contribution in [0, 0.1) is 0 Å². The minimum Gasteiger partial charge on any atom is -0.142 e. The minimum absolute atomic E-state index is 1.17. The van der Waals surface area contributed by atoms with Crippen molar-refractivity contribution in [3.8, 4) is 9.75 Å². The molecule has 0 amide bonds. The Labute approximate surface area is 84.5 Å². The van der Waals surface area contributed by atoms with Gasteiger partial charge in [-0.15, -0.1) is 28.4 Å². The summed E-state index contributed by atoms with van der Waals surface area (Å²) < 4.78 is 0. The highest BCUT2D eigenvalue weighted by Gasteiger charge is 2.25. The van der Waals surface area contributed by atoms with Crippen molar-refractivity contribution in [1.29, 1.82) is 0 Å². The molecular weight excluding hydrogens is 196 g/mol. The summed E-state index contributed by atoms with van der Waals surface area (Å²) in [5.41, 5.74) is 6.82. The normalized spacial score (nSPS) is 12.5. The van der Waals surface area contributed by atoms with Crippen molar-refractivity contribution in [3.63, 3.8) is 0 Å². The van der Waals surface area contributed by atoms with Gasteiger partial charge in [-0.3, -0.25) is 0 Å². The lowest BCUT2D eigenvalue weighted by atomic mass is 10.1. The average Bonchev–Trinajstić information content (AvgIpc) is 2.71. The molecule has 0 bridgehead atoms. The standard InChI is InChI=1S/C11H6S2/c1-2-7-8-3-5-12-10(8)11-9(7)4-6-13-11/h3-6H,1H2. The van der Waals surface area contributed by atoms with Gasteiger partial charge in [0.05, 0.1) is 9.75 Å². The number of fused-ring (bicyclic) bond motifs is 3. The van der Waals surface area contributed by atoms with Crippen LogP contribution in [0.2, 0.25) is 0 Å². The molecule has 1 aliphatic rings. The van der Waals surface area contributed by atoms with Crippen molar-refractivity contribution in [3.05, 3.63) is 46.3 Å². The second-order valence-corrected chi connectivity index (χ2v) is 4.71. The predicted molar refractivity (Wildman–Crippen MR) is 59.3 cm³/mol. The van der Waals surface area contributed by atoms with E-state index < -0.39 is 0 Å². The first-order chi connectivity index (χ1) is 6.42. The van der Waals surface area contributed by atoms with E-state index in [-0.39, 0.29) is 0 Å². The molecule has 2 aromatic rings. The molecule has 1 aliphatic carbocycles. The predicted octanol–water partition coefficient (Wildman–Crippen LogP) is 4.01. The number of thiophene rings is 2. The smallest absolute Gasteiger partial charge is 0.0533 e. The zero-order valence-corrected chi connectivity index (χ0v) is 8.47. The summed E-state index contributed by atoms with van der Waals surface area (Å²) in [6.07, 6.45) is 0. The summed E-state index contributed by atoms with van der Waals surface area (Å²) in [7, 11) is 0. The van der Waals surface area contributed by atoms with Gasteiger partial charge in [0, 0.05) is 16.7 Å². The van der Waals surface area contributed by atoms with Crippen LogP contribution in [0.25, 0.3) is 15.3 Å². The van der Waals surface area contributed by atoms with E-state index >= 15 is 0 Å². The quantitative estimate of drug-likeness (QED) is 0.483. The van der Waals surface area contributed by atoms with E-state index in [1.807, 2.05) is 0 Å². The second-order valence-electron chi connectivity index (χ2n) is 2.88. The van der Waals surface area contributed by atoms with Gasteiger partial charge in [0.2, 0.25) is 0 Å². The van der Waals surface area contributed by atoms with Crippen LogP contribution in [0.1, 0.15) is 11.1 Å². The molecule has 0 N–H and O–H groups in total. The molecule has 2 aromatic heterocycles. The summed E-state index contributed by atoms with van der Waals surface area (Å²) in [4.78, 5) is 2.77. The van der Waals surface area contributed by atoms with Gasteiger partial charge in [0.25, 0.3) is 0 Å². The Morgan fingerprint density at radius 3 is 2.00 bits per heavy atom. The highest BCUT2D eigenvalue weighted by atomic mass is 32.1. The Hall–Kier alpha value is -1.08. The fraction of sp³-hybridized carbons (Fsp3) is 0. The fourth-order valence-corrected chi connectivity index (χ4v) is 3.70. The van der Waals surface area contributed by atoms with E-state index in [2.05, 4.69) is 35.2 Å². The largest absolute Gasteiger partial charge is 0.142 e. The first-order valence-electron chi connectivity index (χ1n) is 3.98. The lowest BCUT2D eigenvalue weighted by Crippen LogP contribution is -1.72. The van der Waals surface area contributed by atoms with E-state index in [1.54, 1.807) is 22.7 Å². The van der Waals surface area contributed by atoms with E-state index in [4.69, 9.17) is 0 Å². The number of hydrogen-bond donors (Lipinski definition) is 0. The Bertz CT molecular complexity index is 480. The molecule has 62 valence electrons. The molecule has 0 aliphatic heterocycles. The zero-order chi connectivity index (χ0) is 8.84. The summed E-state index contributed by atoms with van der Waals surface area (Å²) in [6, 6.07) is 4.31. The van der Waals surface area contributed by atoms with Crippen molar-refractivity contribution >= 4 is 28.2 Å². The molecule has 0 fully saturated rings. The van der Waals surface area contributed by atoms with Crippen LogP contribution in [-0.4, -0.2) is 0 Å². The Morgan fingerprint density at radius 1 is 1.00 bits per heavy atom. The van der Waals surface area contributed by atoms with Gasteiger partial charge in [0.15, 0.2) is 0 Å². The maximum atomic E-state index is 3.75. The maximum Gasteiger partial charge on any atom is 0.0533 e. The van der Waals surface area contributed by atoms with E-state index in [1.165, 1.54) is 26.5 Å². The molecule has 13 heavy (non-hydrogen) atoms. The summed E-state index contributed by atoms with van der Waals surface area (Å²) in [6.45, 7) is 3.75. The lowest BCUT2D eigenvalue weighted by molar-refractivity contribution is 1.79. The van der Waals surface area contributed by atoms with Crippen molar-refractivity contribution in [2.45, 2.75) is 0 Å². The van der Waals surface area contributed by atoms with Crippen LogP contribution in [0.3, 0.4) is 0 Å². The van der Waals surface area contributed by atoms with Crippen LogP contribution in [-0.2, 0) is 0 Å². The molecule has 2 heterocycles. The van der Waals surface area contributed by atoms with Crippen LogP contribution in [0.4, 0.5) is 0 Å². The highest BCUT2D eigenvalue weighted by molar-refractivity contribution is 7.21. The molecule has 0 aromatic carbocycles. The average molecular weight is 202 g/mol. The van der Waals surface area contributed by atoms with Gasteiger partial charge in [0.1, 0.15) is 0 Å². The van der Waals surface area contributed by atoms with Gasteiger partial charge >= 0.3 is 0 Å². The molecule has 0 atom stereocenters. The molecule has 0 unspecified atom stereocenters. The monoisotopic (exact) mass is 202 g/mol. The first kappa shape index (κ1) is 7.34. The fourth-order valence-electron chi connectivity index (χ4n) is 1.70. The van der Waals surface area contributed by atoms with Crippen molar-refractivity contribution in [2.75, 3.05) is 0 Å². The van der Waals surface area contributed by atoms with Gasteiger partial charge in [-0.1, -0.05) is 6.58 Å². The number of rotatable bonds is 0. The highest BCUT2D eigenvalue weighted by Crippen LogP contribution is 2.49. The van der Waals surface area contributed by atoms with Crippen molar-refractivity contribution < 1.29 is 0 Å². The first-order valence-corrected chi connectivity index (χ1v) is 5.74. The van der Waals surface area contributed by atoms with E-state index in [0.717, 1.165) is 0 Å². The molecule has 3 rings (SSSR count). The zero-order valence-electron chi connectivity index (χ0n) is 6.83. The van der Waals surface area contributed by atoms with Gasteiger partial charge in [-0.2, -0.15) is 0 Å². The van der Waals surface area contributed by atoms with Gasteiger partial charge < -0.3 is 0 Å². The van der Waals surface area contributed by atoms with Gasteiger partial charge in [-0.25, -0.2) is 0 Å². The SMILES string of the molecule is C=C=C1c2ccsc2-c2sccc21. The molecule has 2 heteroatoms. The molecular formula is C11H6S2. The Morgan fingerprint density at radius 2 is 1.54 bits per heavy atom. The second kappa shape index (κ2) is 2.46. The summed E-state index contributed by atoms with van der Waals surface area (Å²) in [5.74, 6) is 0. The third kappa shape index (κ3) is 0.802.